The molecular formula is C16H22BNO4. The zero-order valence-corrected chi connectivity index (χ0v) is 13.7. The third-order valence-electron chi connectivity index (χ3n) is 4.14. The van der Waals surface area contributed by atoms with Gasteiger partial charge in [0.1, 0.15) is 5.75 Å². The second kappa shape index (κ2) is 5.78. The second-order valence-electron chi connectivity index (χ2n) is 6.28. The number of anilines is 1. The molecule has 0 bridgehead atoms. The van der Waals surface area contributed by atoms with Gasteiger partial charge >= 0.3 is 7.12 Å². The zero-order valence-electron chi connectivity index (χ0n) is 13.7. The van der Waals surface area contributed by atoms with E-state index < -0.39 is 18.3 Å². The van der Waals surface area contributed by atoms with Crippen molar-refractivity contribution in [3.05, 3.63) is 30.9 Å². The number of benzene rings is 1. The van der Waals surface area contributed by atoms with Crippen LogP contribution in [-0.4, -0.2) is 31.3 Å². The number of hydrogen-bond donors (Lipinski definition) is 1. The van der Waals surface area contributed by atoms with Crippen molar-refractivity contribution in [1.29, 1.82) is 0 Å². The normalized spacial score (nSPS) is 18.9. The molecule has 5 nitrogen and oxygen atoms in total. The van der Waals surface area contributed by atoms with E-state index in [4.69, 9.17) is 14.0 Å². The number of methoxy groups -OCH3 is 1. The fourth-order valence-corrected chi connectivity index (χ4v) is 2.12. The lowest BCUT2D eigenvalue weighted by molar-refractivity contribution is -0.111. The Hall–Kier alpha value is -1.79. The van der Waals surface area contributed by atoms with Gasteiger partial charge in [-0.3, -0.25) is 4.79 Å². The van der Waals surface area contributed by atoms with E-state index in [0.717, 1.165) is 5.46 Å². The van der Waals surface area contributed by atoms with Gasteiger partial charge in [0.2, 0.25) is 5.91 Å². The van der Waals surface area contributed by atoms with E-state index in [1.165, 1.54) is 6.08 Å². The second-order valence-corrected chi connectivity index (χ2v) is 6.28. The minimum absolute atomic E-state index is 0.284. The van der Waals surface area contributed by atoms with Crippen molar-refractivity contribution in [2.75, 3.05) is 12.4 Å². The summed E-state index contributed by atoms with van der Waals surface area (Å²) in [5.41, 5.74) is 0.544. The maximum Gasteiger partial charge on any atom is 0.495 e. The SMILES string of the molecule is C=CC(=O)Nc1cc(OC)cc(B2OC(C)(C)C(C)(C)O2)c1. The Morgan fingerprint density at radius 3 is 2.32 bits per heavy atom. The van der Waals surface area contributed by atoms with E-state index in [1.807, 2.05) is 39.8 Å². The first-order valence-corrected chi connectivity index (χ1v) is 7.16. The summed E-state index contributed by atoms with van der Waals surface area (Å²) in [5.74, 6) is 0.333. The van der Waals surface area contributed by atoms with Crippen molar-refractivity contribution < 1.29 is 18.8 Å². The zero-order chi connectivity index (χ0) is 16.5. The molecule has 0 aromatic heterocycles. The largest absolute Gasteiger partial charge is 0.497 e. The molecular weight excluding hydrogens is 281 g/mol. The van der Waals surface area contributed by atoms with Crippen LogP contribution in [-0.2, 0) is 14.1 Å². The summed E-state index contributed by atoms with van der Waals surface area (Å²) in [6.45, 7) is 11.4. The summed E-state index contributed by atoms with van der Waals surface area (Å²) in [7, 11) is 1.06. The van der Waals surface area contributed by atoms with Gasteiger partial charge in [-0.05, 0) is 51.4 Å². The monoisotopic (exact) mass is 303 g/mol. The molecule has 0 atom stereocenters. The number of nitrogens with one attached hydrogen (secondary N) is 1. The summed E-state index contributed by atoms with van der Waals surface area (Å²) in [6.07, 6.45) is 1.22. The van der Waals surface area contributed by atoms with Crippen LogP contribution < -0.4 is 15.5 Å². The highest BCUT2D eigenvalue weighted by molar-refractivity contribution is 6.62. The molecule has 0 unspecified atom stereocenters. The van der Waals surface area contributed by atoms with Crippen LogP contribution in [0.1, 0.15) is 27.7 Å². The van der Waals surface area contributed by atoms with Gasteiger partial charge in [-0.2, -0.15) is 0 Å². The van der Waals surface area contributed by atoms with E-state index in [0.29, 0.717) is 11.4 Å². The van der Waals surface area contributed by atoms with Crippen molar-refractivity contribution in [1.82, 2.24) is 0 Å². The molecule has 0 spiro atoms. The number of carbonyl (C=O) groups excluding carboxylic acids is 1. The molecule has 1 N–H and O–H groups in total. The van der Waals surface area contributed by atoms with Gasteiger partial charge in [0.15, 0.2) is 0 Å². The van der Waals surface area contributed by atoms with Crippen molar-refractivity contribution in [2.24, 2.45) is 0 Å². The van der Waals surface area contributed by atoms with Crippen molar-refractivity contribution in [3.8, 4) is 5.75 Å². The number of amides is 1. The van der Waals surface area contributed by atoms with E-state index in [1.54, 1.807) is 13.2 Å². The van der Waals surface area contributed by atoms with E-state index in [-0.39, 0.29) is 5.91 Å². The quantitative estimate of drug-likeness (QED) is 0.684. The first kappa shape index (κ1) is 16.6. The molecule has 1 heterocycles. The Kier molecular flexibility index (Phi) is 4.36. The molecule has 1 amide bonds. The van der Waals surface area contributed by atoms with Crippen LogP contribution in [0, 0.1) is 0 Å². The van der Waals surface area contributed by atoms with Crippen LogP contribution in [0.15, 0.2) is 30.9 Å². The predicted molar refractivity (Wildman–Crippen MR) is 87.5 cm³/mol. The molecule has 2 rings (SSSR count). The van der Waals surface area contributed by atoms with Crippen LogP contribution in [0.2, 0.25) is 0 Å². The topological polar surface area (TPSA) is 56.8 Å². The van der Waals surface area contributed by atoms with Crippen molar-refractivity contribution in [3.63, 3.8) is 0 Å². The van der Waals surface area contributed by atoms with Gasteiger partial charge in [-0.15, -0.1) is 0 Å². The lowest BCUT2D eigenvalue weighted by Crippen LogP contribution is -2.41. The maximum absolute atomic E-state index is 11.5. The molecule has 1 fully saturated rings. The van der Waals surface area contributed by atoms with Gasteiger partial charge in [0, 0.05) is 11.8 Å². The average Bonchev–Trinajstić information content (AvgIpc) is 2.67. The summed E-state index contributed by atoms with van der Waals surface area (Å²) in [5, 5.41) is 2.72. The van der Waals surface area contributed by atoms with Crippen LogP contribution >= 0.6 is 0 Å². The van der Waals surface area contributed by atoms with Crippen molar-refractivity contribution >= 4 is 24.2 Å². The van der Waals surface area contributed by atoms with Gasteiger partial charge in [0.25, 0.3) is 0 Å². The number of hydrogen-bond acceptors (Lipinski definition) is 4. The minimum Gasteiger partial charge on any atom is -0.497 e. The molecule has 6 heteroatoms. The Morgan fingerprint density at radius 1 is 1.23 bits per heavy atom. The lowest BCUT2D eigenvalue weighted by atomic mass is 9.78. The van der Waals surface area contributed by atoms with Crippen LogP contribution in [0.5, 0.6) is 5.75 Å². The smallest absolute Gasteiger partial charge is 0.495 e. The highest BCUT2D eigenvalue weighted by Crippen LogP contribution is 2.36. The Morgan fingerprint density at radius 2 is 1.82 bits per heavy atom. The molecule has 1 aromatic carbocycles. The van der Waals surface area contributed by atoms with Crippen LogP contribution in [0.25, 0.3) is 0 Å². The first-order valence-electron chi connectivity index (χ1n) is 7.16. The van der Waals surface area contributed by atoms with Gasteiger partial charge in [-0.1, -0.05) is 6.58 Å². The Bertz CT molecular complexity index is 582. The lowest BCUT2D eigenvalue weighted by Gasteiger charge is -2.32. The molecule has 22 heavy (non-hydrogen) atoms. The first-order chi connectivity index (χ1) is 10.2. The minimum atomic E-state index is -0.514. The molecule has 1 aliphatic rings. The predicted octanol–water partition coefficient (Wildman–Crippen LogP) is 2.12. The molecule has 0 aliphatic carbocycles. The number of rotatable bonds is 4. The van der Waals surface area contributed by atoms with Crippen LogP contribution in [0.3, 0.4) is 0 Å². The highest BCUT2D eigenvalue weighted by Gasteiger charge is 2.51. The van der Waals surface area contributed by atoms with E-state index in [2.05, 4.69) is 11.9 Å². The third kappa shape index (κ3) is 3.18. The average molecular weight is 303 g/mol. The molecule has 0 saturated carbocycles. The molecule has 0 radical (unpaired) electrons. The number of ether oxygens (including phenoxy) is 1. The van der Waals surface area contributed by atoms with Gasteiger partial charge in [-0.25, -0.2) is 0 Å². The van der Waals surface area contributed by atoms with Gasteiger partial charge < -0.3 is 19.4 Å². The molecule has 1 aromatic rings. The van der Waals surface area contributed by atoms with Gasteiger partial charge in [0.05, 0.1) is 18.3 Å². The third-order valence-corrected chi connectivity index (χ3v) is 4.14. The molecule has 118 valence electrons. The summed E-state index contributed by atoms with van der Waals surface area (Å²) < 4.78 is 17.3. The Balaban J connectivity index is 2.33. The Labute approximate surface area is 131 Å². The fourth-order valence-electron chi connectivity index (χ4n) is 2.12. The summed E-state index contributed by atoms with van der Waals surface area (Å²) in [6, 6.07) is 5.38. The molecule has 1 aliphatic heterocycles. The van der Waals surface area contributed by atoms with E-state index >= 15 is 0 Å². The van der Waals surface area contributed by atoms with E-state index in [9.17, 15) is 4.79 Å². The van der Waals surface area contributed by atoms with Crippen molar-refractivity contribution in [2.45, 2.75) is 38.9 Å². The maximum atomic E-state index is 11.5. The standard InChI is InChI=1S/C16H22BNO4/c1-7-14(19)18-12-8-11(9-13(10-12)20-6)17-21-15(2,3)16(4,5)22-17/h7-10H,1H2,2-6H3,(H,18,19). The summed E-state index contributed by atoms with van der Waals surface area (Å²) >= 11 is 0. The number of carbonyl (C=O) groups is 1. The fraction of sp³-hybridized carbons (Fsp3) is 0.438. The van der Waals surface area contributed by atoms with Crippen LogP contribution in [0.4, 0.5) is 5.69 Å². The molecule has 1 saturated heterocycles. The summed E-state index contributed by atoms with van der Waals surface area (Å²) in [4.78, 5) is 11.5. The highest BCUT2D eigenvalue weighted by atomic mass is 16.7.